The molecule has 0 bridgehead atoms. The molecule has 1 atom stereocenters. The van der Waals surface area contributed by atoms with Gasteiger partial charge in [-0.05, 0) is 37.0 Å². The summed E-state index contributed by atoms with van der Waals surface area (Å²) < 4.78 is 1.85. The molecule has 1 amide bonds. The van der Waals surface area contributed by atoms with Crippen LogP contribution in [-0.2, 0) is 7.05 Å². The Morgan fingerprint density at radius 1 is 1.26 bits per heavy atom. The van der Waals surface area contributed by atoms with Crippen LogP contribution in [0.25, 0.3) is 11.3 Å². The average molecular weight is 365 g/mol. The third kappa shape index (κ3) is 3.50. The second-order valence-electron chi connectivity index (χ2n) is 7.02. The van der Waals surface area contributed by atoms with Crippen molar-refractivity contribution in [1.82, 2.24) is 24.6 Å². The van der Waals surface area contributed by atoms with Gasteiger partial charge in [0.25, 0.3) is 5.91 Å². The first kappa shape index (κ1) is 17.5. The molecular weight excluding hydrogens is 342 g/mol. The van der Waals surface area contributed by atoms with Crippen molar-refractivity contribution < 1.29 is 9.90 Å². The van der Waals surface area contributed by atoms with Crippen LogP contribution in [0.15, 0.2) is 48.9 Å². The number of aromatic amines is 1. The van der Waals surface area contributed by atoms with Gasteiger partial charge in [0, 0.05) is 49.9 Å². The highest BCUT2D eigenvalue weighted by Gasteiger charge is 2.30. The number of carbonyl (C=O) groups excluding carboxylic acids is 1. The molecule has 0 radical (unpaired) electrons. The number of H-pyrrole nitrogens is 1. The van der Waals surface area contributed by atoms with Gasteiger partial charge in [0.1, 0.15) is 11.9 Å². The number of nitrogens with zero attached hydrogens (tertiary/aromatic N) is 4. The summed E-state index contributed by atoms with van der Waals surface area (Å²) in [4.78, 5) is 19.0. The van der Waals surface area contributed by atoms with E-state index in [4.69, 9.17) is 0 Å². The van der Waals surface area contributed by atoms with Gasteiger partial charge in [-0.2, -0.15) is 5.10 Å². The third-order valence-corrected chi connectivity index (χ3v) is 5.32. The predicted octanol–water partition coefficient (Wildman–Crippen LogP) is 2.40. The van der Waals surface area contributed by atoms with Crippen LogP contribution in [0.5, 0.6) is 0 Å². The first-order chi connectivity index (χ1) is 13.1. The Balaban J connectivity index is 1.42. The number of rotatable bonds is 4. The Bertz CT molecular complexity index is 910. The Morgan fingerprint density at radius 3 is 2.74 bits per heavy atom. The highest BCUT2D eigenvalue weighted by atomic mass is 16.3. The molecule has 4 rings (SSSR count). The van der Waals surface area contributed by atoms with E-state index in [1.807, 2.05) is 53.0 Å². The molecule has 2 N–H and O–H groups in total. The van der Waals surface area contributed by atoms with Crippen molar-refractivity contribution in [2.24, 2.45) is 13.0 Å². The van der Waals surface area contributed by atoms with Gasteiger partial charge in [0.05, 0.1) is 5.69 Å². The number of aryl methyl sites for hydroxylation is 1. The van der Waals surface area contributed by atoms with Gasteiger partial charge in [-0.15, -0.1) is 0 Å². The number of piperidine rings is 1. The molecule has 0 saturated carbocycles. The van der Waals surface area contributed by atoms with E-state index in [2.05, 4.69) is 15.2 Å². The van der Waals surface area contributed by atoms with Crippen LogP contribution in [0.1, 0.15) is 35.1 Å². The summed E-state index contributed by atoms with van der Waals surface area (Å²) in [6, 6.07) is 9.47. The van der Waals surface area contributed by atoms with E-state index in [0.717, 1.165) is 24.1 Å². The van der Waals surface area contributed by atoms with Crippen molar-refractivity contribution in [2.45, 2.75) is 18.9 Å². The van der Waals surface area contributed by atoms with Crippen LogP contribution in [0.4, 0.5) is 0 Å². The second kappa shape index (κ2) is 7.36. The van der Waals surface area contributed by atoms with Gasteiger partial charge in [-0.25, -0.2) is 4.98 Å². The molecule has 0 unspecified atom stereocenters. The lowest BCUT2D eigenvalue weighted by Gasteiger charge is -2.34. The molecule has 0 spiro atoms. The van der Waals surface area contributed by atoms with Gasteiger partial charge in [-0.1, -0.05) is 12.1 Å². The molecule has 0 aliphatic carbocycles. The zero-order valence-electron chi connectivity index (χ0n) is 15.2. The molecule has 140 valence electrons. The third-order valence-electron chi connectivity index (χ3n) is 5.32. The smallest absolute Gasteiger partial charge is 0.253 e. The lowest BCUT2D eigenvalue weighted by Crippen LogP contribution is -2.40. The summed E-state index contributed by atoms with van der Waals surface area (Å²) >= 11 is 0. The Labute approximate surface area is 157 Å². The number of amides is 1. The highest BCUT2D eigenvalue weighted by molar-refractivity contribution is 5.95. The van der Waals surface area contributed by atoms with Crippen molar-refractivity contribution >= 4 is 5.91 Å². The van der Waals surface area contributed by atoms with Crippen LogP contribution >= 0.6 is 0 Å². The lowest BCUT2D eigenvalue weighted by atomic mass is 9.90. The van der Waals surface area contributed by atoms with Gasteiger partial charge in [-0.3, -0.25) is 9.89 Å². The maximum Gasteiger partial charge on any atom is 0.253 e. The number of aliphatic hydroxyl groups is 1. The quantitative estimate of drug-likeness (QED) is 0.743. The van der Waals surface area contributed by atoms with Crippen LogP contribution in [-0.4, -0.2) is 48.8 Å². The van der Waals surface area contributed by atoms with Crippen molar-refractivity contribution in [3.63, 3.8) is 0 Å². The summed E-state index contributed by atoms with van der Waals surface area (Å²) in [5.74, 6) is 0.833. The predicted molar refractivity (Wildman–Crippen MR) is 101 cm³/mol. The van der Waals surface area contributed by atoms with E-state index >= 15 is 0 Å². The second-order valence-corrected chi connectivity index (χ2v) is 7.02. The van der Waals surface area contributed by atoms with E-state index < -0.39 is 6.10 Å². The molecule has 1 aliphatic rings. The standard InChI is InChI=1S/C20H23N5O2/c1-24-12-9-21-19(24)18(26)14-6-10-25(11-7-14)20(27)16-4-2-3-15(13-16)17-5-8-22-23-17/h2-5,8-9,12-14,18,26H,6-7,10-11H2,1H3,(H,22,23)/t18-/m0/s1. The number of benzene rings is 1. The van der Waals surface area contributed by atoms with Gasteiger partial charge in [0.15, 0.2) is 0 Å². The van der Waals surface area contributed by atoms with Crippen LogP contribution < -0.4 is 0 Å². The summed E-state index contributed by atoms with van der Waals surface area (Å²) in [5, 5.41) is 17.5. The van der Waals surface area contributed by atoms with Gasteiger partial charge < -0.3 is 14.6 Å². The van der Waals surface area contributed by atoms with Gasteiger partial charge >= 0.3 is 0 Å². The topological polar surface area (TPSA) is 87.0 Å². The minimum atomic E-state index is -0.592. The largest absolute Gasteiger partial charge is 0.385 e. The fraction of sp³-hybridized carbons (Fsp3) is 0.350. The fourth-order valence-corrected chi connectivity index (χ4v) is 3.71. The maximum absolute atomic E-state index is 12.9. The molecule has 1 fully saturated rings. The normalized spacial score (nSPS) is 16.4. The van der Waals surface area contributed by atoms with Crippen LogP contribution in [0.2, 0.25) is 0 Å². The Morgan fingerprint density at radius 2 is 2.07 bits per heavy atom. The van der Waals surface area contributed by atoms with E-state index in [0.29, 0.717) is 24.5 Å². The minimum Gasteiger partial charge on any atom is -0.385 e. The lowest BCUT2D eigenvalue weighted by molar-refractivity contribution is 0.0420. The average Bonchev–Trinajstić information content (AvgIpc) is 3.39. The molecule has 27 heavy (non-hydrogen) atoms. The highest BCUT2D eigenvalue weighted by Crippen LogP contribution is 2.30. The molecule has 3 heterocycles. The minimum absolute atomic E-state index is 0.0290. The first-order valence-electron chi connectivity index (χ1n) is 9.18. The van der Waals surface area contributed by atoms with Crippen LogP contribution in [0, 0.1) is 5.92 Å². The molecule has 7 nitrogen and oxygen atoms in total. The summed E-state index contributed by atoms with van der Waals surface area (Å²) in [6.45, 7) is 1.28. The first-order valence-corrected chi connectivity index (χ1v) is 9.18. The summed E-state index contributed by atoms with van der Waals surface area (Å²) in [7, 11) is 1.89. The summed E-state index contributed by atoms with van der Waals surface area (Å²) in [6.07, 6.45) is 6.17. The Kier molecular flexibility index (Phi) is 4.77. The maximum atomic E-state index is 12.9. The molecule has 3 aromatic rings. The van der Waals surface area contributed by atoms with Crippen molar-refractivity contribution in [3.05, 3.63) is 60.3 Å². The van der Waals surface area contributed by atoms with E-state index in [1.165, 1.54) is 0 Å². The zero-order valence-corrected chi connectivity index (χ0v) is 15.2. The number of aromatic nitrogens is 4. The number of nitrogens with one attached hydrogen (secondary N) is 1. The molecular formula is C20H23N5O2. The van der Waals surface area contributed by atoms with Crippen molar-refractivity contribution in [2.75, 3.05) is 13.1 Å². The number of aliphatic hydroxyl groups excluding tert-OH is 1. The molecule has 1 aromatic carbocycles. The number of hydrogen-bond donors (Lipinski definition) is 2. The van der Waals surface area contributed by atoms with E-state index in [-0.39, 0.29) is 11.8 Å². The van der Waals surface area contributed by atoms with E-state index in [1.54, 1.807) is 12.4 Å². The molecule has 1 aliphatic heterocycles. The SMILES string of the molecule is Cn1ccnc1[C@@H](O)C1CCN(C(=O)c2cccc(-c3ccn[nH]3)c2)CC1. The molecule has 1 saturated heterocycles. The number of imidazole rings is 1. The number of hydrogen-bond acceptors (Lipinski definition) is 4. The fourth-order valence-electron chi connectivity index (χ4n) is 3.71. The molecule has 7 heteroatoms. The number of likely N-dealkylation sites (tertiary alicyclic amines) is 1. The van der Waals surface area contributed by atoms with Crippen molar-refractivity contribution in [3.8, 4) is 11.3 Å². The number of carbonyl (C=O) groups is 1. The van der Waals surface area contributed by atoms with Crippen molar-refractivity contribution in [1.29, 1.82) is 0 Å². The monoisotopic (exact) mass is 365 g/mol. The summed E-state index contributed by atoms with van der Waals surface area (Å²) in [5.41, 5.74) is 2.50. The Hall–Kier alpha value is -2.93. The molecule has 2 aromatic heterocycles. The van der Waals surface area contributed by atoms with Gasteiger partial charge in [0.2, 0.25) is 0 Å². The van der Waals surface area contributed by atoms with E-state index in [9.17, 15) is 9.90 Å². The van der Waals surface area contributed by atoms with Crippen LogP contribution in [0.3, 0.4) is 0 Å². The zero-order chi connectivity index (χ0) is 18.8.